The number of tetrazole rings is 1. The van der Waals surface area contributed by atoms with E-state index in [0.29, 0.717) is 18.9 Å². The second-order valence-corrected chi connectivity index (χ2v) is 8.84. The maximum atomic E-state index is 13.8. The van der Waals surface area contributed by atoms with Gasteiger partial charge in [-0.05, 0) is 70.8 Å². The van der Waals surface area contributed by atoms with Crippen LogP contribution in [0.25, 0.3) is 0 Å². The molecule has 0 aliphatic heterocycles. The van der Waals surface area contributed by atoms with E-state index in [1.165, 1.54) is 30.7 Å². The molecule has 1 fully saturated rings. The number of rotatable bonds is 8. The first-order valence-corrected chi connectivity index (χ1v) is 11.7. The Bertz CT molecular complexity index is 1170. The summed E-state index contributed by atoms with van der Waals surface area (Å²) >= 11 is 0. The van der Waals surface area contributed by atoms with Gasteiger partial charge in [0.05, 0.1) is 24.9 Å². The quantitative estimate of drug-likeness (QED) is 0.328. The van der Waals surface area contributed by atoms with Gasteiger partial charge >= 0.3 is 0 Å². The van der Waals surface area contributed by atoms with Crippen molar-refractivity contribution in [3.05, 3.63) is 101 Å². The highest BCUT2D eigenvalue weighted by atomic mass is 19.1. The maximum absolute atomic E-state index is 13.8. The molecule has 1 aliphatic rings. The summed E-state index contributed by atoms with van der Waals surface area (Å²) in [6, 6.07) is 16.6. The summed E-state index contributed by atoms with van der Waals surface area (Å²) < 4.78 is 35.0. The van der Waals surface area contributed by atoms with Crippen LogP contribution in [0.15, 0.2) is 71.3 Å². The van der Waals surface area contributed by atoms with Crippen LogP contribution in [0.4, 0.5) is 8.78 Å². The smallest absolute Gasteiger partial charge is 0.173 e. The zero-order chi connectivity index (χ0) is 23.3. The van der Waals surface area contributed by atoms with E-state index in [4.69, 9.17) is 4.42 Å². The van der Waals surface area contributed by atoms with Gasteiger partial charge in [0.15, 0.2) is 5.82 Å². The van der Waals surface area contributed by atoms with Crippen molar-refractivity contribution >= 4 is 0 Å². The van der Waals surface area contributed by atoms with Crippen molar-refractivity contribution in [1.29, 1.82) is 0 Å². The molecule has 8 heteroatoms. The van der Waals surface area contributed by atoms with Gasteiger partial charge in [-0.2, -0.15) is 0 Å². The van der Waals surface area contributed by atoms with Gasteiger partial charge in [0.1, 0.15) is 17.4 Å². The van der Waals surface area contributed by atoms with Gasteiger partial charge in [0.25, 0.3) is 0 Å². The van der Waals surface area contributed by atoms with E-state index >= 15 is 0 Å². The number of furan rings is 1. The van der Waals surface area contributed by atoms with Gasteiger partial charge in [0.2, 0.25) is 0 Å². The number of aromatic nitrogens is 4. The van der Waals surface area contributed by atoms with Gasteiger partial charge < -0.3 is 4.42 Å². The molecule has 0 radical (unpaired) electrons. The topological polar surface area (TPSA) is 60.0 Å². The van der Waals surface area contributed by atoms with Gasteiger partial charge in [-0.15, -0.1) is 5.10 Å². The Kier molecular flexibility index (Phi) is 6.76. The second kappa shape index (κ2) is 10.3. The number of hydrogen-bond donors (Lipinski definition) is 0. The molecule has 5 rings (SSSR count). The molecule has 1 atom stereocenters. The van der Waals surface area contributed by atoms with Crippen LogP contribution in [0.1, 0.15) is 66.9 Å². The van der Waals surface area contributed by atoms with Crippen LogP contribution in [0.3, 0.4) is 0 Å². The highest BCUT2D eigenvalue weighted by Gasteiger charge is 2.31. The minimum absolute atomic E-state index is 0.234. The molecule has 2 aromatic carbocycles. The first kappa shape index (κ1) is 22.4. The lowest BCUT2D eigenvalue weighted by Gasteiger charge is -2.32. The molecule has 0 bridgehead atoms. The maximum Gasteiger partial charge on any atom is 0.173 e. The van der Waals surface area contributed by atoms with Crippen molar-refractivity contribution in [2.24, 2.45) is 0 Å². The Morgan fingerprint density at radius 1 is 0.912 bits per heavy atom. The molecule has 0 amide bonds. The average Bonchev–Trinajstić information content (AvgIpc) is 3.55. The molecule has 1 saturated carbocycles. The van der Waals surface area contributed by atoms with Crippen molar-refractivity contribution in [2.75, 3.05) is 0 Å². The molecule has 6 nitrogen and oxygen atoms in total. The SMILES string of the molecule is Fc1ccc(CN(Cc2ccco2)[C@@H](c2ccc(F)cc2)c2nnnn2C2CCCCC2)cc1. The Morgan fingerprint density at radius 3 is 2.29 bits per heavy atom. The number of nitrogens with zero attached hydrogens (tertiary/aromatic N) is 5. The third-order valence-corrected chi connectivity index (χ3v) is 6.47. The summed E-state index contributed by atoms with van der Waals surface area (Å²) in [5.74, 6) is 0.918. The van der Waals surface area contributed by atoms with Crippen LogP contribution in [0.5, 0.6) is 0 Å². The van der Waals surface area contributed by atoms with Crippen LogP contribution in [-0.4, -0.2) is 25.1 Å². The molecule has 0 N–H and O–H groups in total. The van der Waals surface area contributed by atoms with Crippen molar-refractivity contribution < 1.29 is 13.2 Å². The summed E-state index contributed by atoms with van der Waals surface area (Å²) in [4.78, 5) is 2.18. The summed E-state index contributed by atoms with van der Waals surface area (Å²) in [5, 5.41) is 12.9. The highest BCUT2D eigenvalue weighted by molar-refractivity contribution is 5.27. The first-order chi connectivity index (χ1) is 16.7. The monoisotopic (exact) mass is 463 g/mol. The Hall–Kier alpha value is -3.39. The molecular formula is C26H27F2N5O. The Morgan fingerprint density at radius 2 is 1.62 bits per heavy atom. The lowest BCUT2D eigenvalue weighted by molar-refractivity contribution is 0.174. The fourth-order valence-electron chi connectivity index (χ4n) is 4.80. The summed E-state index contributed by atoms with van der Waals surface area (Å²) in [7, 11) is 0. The largest absolute Gasteiger partial charge is 0.468 e. The van der Waals surface area contributed by atoms with Crippen molar-refractivity contribution in [3.63, 3.8) is 0 Å². The summed E-state index contributed by atoms with van der Waals surface area (Å²) in [6.45, 7) is 0.977. The van der Waals surface area contributed by atoms with E-state index in [0.717, 1.165) is 42.6 Å². The zero-order valence-corrected chi connectivity index (χ0v) is 18.9. The van der Waals surface area contributed by atoms with Crippen LogP contribution >= 0.6 is 0 Å². The van der Waals surface area contributed by atoms with Crippen molar-refractivity contribution in [2.45, 2.75) is 57.3 Å². The lowest BCUT2D eigenvalue weighted by atomic mass is 9.95. The fourth-order valence-corrected chi connectivity index (χ4v) is 4.80. The highest BCUT2D eigenvalue weighted by Crippen LogP contribution is 2.35. The minimum atomic E-state index is -0.354. The van der Waals surface area contributed by atoms with Gasteiger partial charge in [-0.1, -0.05) is 43.5 Å². The number of halogens is 2. The van der Waals surface area contributed by atoms with Crippen molar-refractivity contribution in [1.82, 2.24) is 25.1 Å². The van der Waals surface area contributed by atoms with Crippen LogP contribution in [0.2, 0.25) is 0 Å². The van der Waals surface area contributed by atoms with Crippen LogP contribution in [0, 0.1) is 11.6 Å². The molecule has 176 valence electrons. The molecular weight excluding hydrogens is 436 g/mol. The van der Waals surface area contributed by atoms with Crippen LogP contribution in [-0.2, 0) is 13.1 Å². The lowest BCUT2D eigenvalue weighted by Crippen LogP contribution is -2.32. The van der Waals surface area contributed by atoms with E-state index < -0.39 is 0 Å². The predicted octanol–water partition coefficient (Wildman–Crippen LogP) is 5.84. The number of hydrogen-bond acceptors (Lipinski definition) is 5. The molecule has 34 heavy (non-hydrogen) atoms. The summed E-state index contributed by atoms with van der Waals surface area (Å²) in [5.41, 5.74) is 1.82. The molecule has 2 aromatic heterocycles. The number of benzene rings is 2. The fraction of sp³-hybridized carbons (Fsp3) is 0.346. The van der Waals surface area contributed by atoms with E-state index in [2.05, 4.69) is 20.4 Å². The van der Waals surface area contributed by atoms with Gasteiger partial charge in [-0.25, -0.2) is 13.5 Å². The minimum Gasteiger partial charge on any atom is -0.468 e. The van der Waals surface area contributed by atoms with Crippen molar-refractivity contribution in [3.8, 4) is 0 Å². The average molecular weight is 464 g/mol. The van der Waals surface area contributed by atoms with E-state index in [9.17, 15) is 8.78 Å². The van der Waals surface area contributed by atoms with Gasteiger partial charge in [-0.3, -0.25) is 4.90 Å². The standard InChI is InChI=1S/C26H27F2N5O/c27-21-12-8-19(9-13-21)17-32(18-24-7-4-16-34-24)25(20-10-14-22(28)15-11-20)26-29-30-31-33(26)23-5-2-1-3-6-23/h4,7-16,23,25H,1-3,5-6,17-18H2/t25-/m0/s1. The molecule has 1 aliphatic carbocycles. The molecule has 0 spiro atoms. The van der Waals surface area contributed by atoms with E-state index in [1.54, 1.807) is 30.5 Å². The van der Waals surface area contributed by atoms with E-state index in [1.807, 2.05) is 16.8 Å². The molecule has 0 unspecified atom stereocenters. The molecule has 4 aromatic rings. The second-order valence-electron chi connectivity index (χ2n) is 8.84. The Labute approximate surface area is 197 Å². The molecule has 2 heterocycles. The normalized spacial score (nSPS) is 15.6. The van der Waals surface area contributed by atoms with E-state index in [-0.39, 0.29) is 23.7 Å². The summed E-state index contributed by atoms with van der Waals surface area (Å²) in [6.07, 6.45) is 7.23. The van der Waals surface area contributed by atoms with Gasteiger partial charge in [0, 0.05) is 6.54 Å². The predicted molar refractivity (Wildman–Crippen MR) is 123 cm³/mol. The third kappa shape index (κ3) is 5.07. The molecule has 0 saturated heterocycles. The Balaban J connectivity index is 1.58. The first-order valence-electron chi connectivity index (χ1n) is 11.7. The zero-order valence-electron chi connectivity index (χ0n) is 18.9. The third-order valence-electron chi connectivity index (χ3n) is 6.47. The van der Waals surface area contributed by atoms with Crippen LogP contribution < -0.4 is 0 Å².